The Labute approximate surface area is 130 Å². The van der Waals surface area contributed by atoms with Crippen LogP contribution in [-0.2, 0) is 13.0 Å². The first kappa shape index (κ1) is 17.7. The molecule has 1 aromatic rings. The van der Waals surface area contributed by atoms with Crippen LogP contribution in [0.4, 0.5) is 5.82 Å². The van der Waals surface area contributed by atoms with Gasteiger partial charge in [-0.1, -0.05) is 33.3 Å². The van der Waals surface area contributed by atoms with Crippen molar-refractivity contribution in [2.24, 2.45) is 0 Å². The minimum absolute atomic E-state index is 0.501. The Hall–Kier alpha value is -1.35. The van der Waals surface area contributed by atoms with Gasteiger partial charge in [-0.25, -0.2) is 4.98 Å². The van der Waals surface area contributed by atoms with Crippen molar-refractivity contribution in [3.8, 4) is 0 Å². The molecule has 21 heavy (non-hydrogen) atoms. The summed E-state index contributed by atoms with van der Waals surface area (Å²) in [6.45, 7) is 12.3. The zero-order chi connectivity index (χ0) is 15.7. The highest BCUT2D eigenvalue weighted by Gasteiger charge is 2.07. The molecule has 0 fully saturated rings. The lowest BCUT2D eigenvalue weighted by molar-refractivity contribution is 0.588. The number of anilines is 1. The molecule has 0 aromatic carbocycles. The molecule has 0 aliphatic rings. The summed E-state index contributed by atoms with van der Waals surface area (Å²) < 4.78 is 0. The van der Waals surface area contributed by atoms with Crippen LogP contribution in [0, 0.1) is 0 Å². The zero-order valence-electron chi connectivity index (χ0n) is 14.2. The molecule has 1 N–H and O–H groups in total. The number of rotatable bonds is 10. The van der Waals surface area contributed by atoms with Crippen molar-refractivity contribution < 1.29 is 0 Å². The van der Waals surface area contributed by atoms with Crippen molar-refractivity contribution >= 4 is 5.82 Å². The zero-order valence-corrected chi connectivity index (χ0v) is 14.2. The summed E-state index contributed by atoms with van der Waals surface area (Å²) in [5.74, 6) is 1.09. The number of nitrogens with zero attached hydrogens (tertiary/aromatic N) is 2. The molecule has 0 atom stereocenters. The minimum Gasteiger partial charge on any atom is -0.360 e. The Morgan fingerprint density at radius 3 is 2.76 bits per heavy atom. The van der Waals surface area contributed by atoms with E-state index < -0.39 is 0 Å². The summed E-state index contributed by atoms with van der Waals surface area (Å²) in [6, 6.07) is 4.95. The summed E-state index contributed by atoms with van der Waals surface area (Å²) in [7, 11) is 2.13. The average Bonchev–Trinajstić information content (AvgIpc) is 2.45. The van der Waals surface area contributed by atoms with Crippen LogP contribution in [0.15, 0.2) is 24.8 Å². The second-order valence-corrected chi connectivity index (χ2v) is 5.96. The van der Waals surface area contributed by atoms with Gasteiger partial charge in [0.25, 0.3) is 0 Å². The van der Waals surface area contributed by atoms with Crippen LogP contribution in [0.2, 0.25) is 0 Å². The van der Waals surface area contributed by atoms with Crippen molar-refractivity contribution in [3.63, 3.8) is 0 Å². The molecule has 118 valence electrons. The standard InChI is InChI=1S/C18H31N3/c1-6-8-9-11-21(5)18-13-16(14-19-15(3)4)12-17(20-18)10-7-2/h6,12-13,15,19H,1,7-11,14H2,2-5H3. The molecule has 1 heterocycles. The van der Waals surface area contributed by atoms with Crippen molar-refractivity contribution in [2.45, 2.75) is 59.0 Å². The lowest BCUT2D eigenvalue weighted by atomic mass is 10.1. The van der Waals surface area contributed by atoms with Gasteiger partial charge in [0.05, 0.1) is 0 Å². The van der Waals surface area contributed by atoms with E-state index in [1.54, 1.807) is 0 Å². The Bertz CT molecular complexity index is 426. The molecule has 0 saturated heterocycles. The molecule has 1 aromatic heterocycles. The lowest BCUT2D eigenvalue weighted by Crippen LogP contribution is -2.23. The Kier molecular flexibility index (Phi) is 8.06. The van der Waals surface area contributed by atoms with Crippen LogP contribution in [0.1, 0.15) is 51.3 Å². The topological polar surface area (TPSA) is 28.2 Å². The molecule has 0 spiro atoms. The Morgan fingerprint density at radius 2 is 2.14 bits per heavy atom. The third-order valence-electron chi connectivity index (χ3n) is 3.44. The van der Waals surface area contributed by atoms with E-state index >= 15 is 0 Å². The number of aromatic nitrogens is 1. The van der Waals surface area contributed by atoms with E-state index in [9.17, 15) is 0 Å². The number of hydrogen-bond donors (Lipinski definition) is 1. The molecular formula is C18H31N3. The van der Waals surface area contributed by atoms with Gasteiger partial charge in [0.15, 0.2) is 0 Å². The van der Waals surface area contributed by atoms with Crippen LogP contribution in [0.3, 0.4) is 0 Å². The minimum atomic E-state index is 0.501. The molecule has 0 bridgehead atoms. The molecule has 3 heteroatoms. The summed E-state index contributed by atoms with van der Waals surface area (Å²) in [4.78, 5) is 7.05. The molecule has 0 saturated carbocycles. The molecule has 0 radical (unpaired) electrons. The molecule has 0 amide bonds. The van der Waals surface area contributed by atoms with Gasteiger partial charge in [-0.3, -0.25) is 0 Å². The maximum atomic E-state index is 4.80. The van der Waals surface area contributed by atoms with Gasteiger partial charge in [-0.2, -0.15) is 0 Å². The Balaban J connectivity index is 2.82. The van der Waals surface area contributed by atoms with E-state index in [1.807, 2.05) is 6.08 Å². The fraction of sp³-hybridized carbons (Fsp3) is 0.611. The maximum Gasteiger partial charge on any atom is 0.128 e. The highest BCUT2D eigenvalue weighted by atomic mass is 15.2. The van der Waals surface area contributed by atoms with Crippen molar-refractivity contribution in [2.75, 3.05) is 18.5 Å². The molecule has 3 nitrogen and oxygen atoms in total. The number of allylic oxidation sites excluding steroid dienone is 1. The van der Waals surface area contributed by atoms with E-state index in [1.165, 1.54) is 11.3 Å². The Morgan fingerprint density at radius 1 is 1.38 bits per heavy atom. The lowest BCUT2D eigenvalue weighted by Gasteiger charge is -2.20. The van der Waals surface area contributed by atoms with Gasteiger partial charge in [-0.05, 0) is 37.0 Å². The van der Waals surface area contributed by atoms with Crippen LogP contribution < -0.4 is 10.2 Å². The highest BCUT2D eigenvalue weighted by Crippen LogP contribution is 2.16. The van der Waals surface area contributed by atoms with Gasteiger partial charge >= 0.3 is 0 Å². The highest BCUT2D eigenvalue weighted by molar-refractivity contribution is 5.42. The largest absolute Gasteiger partial charge is 0.360 e. The van der Waals surface area contributed by atoms with Gasteiger partial charge in [0, 0.05) is 31.9 Å². The number of pyridine rings is 1. The first-order chi connectivity index (χ1) is 10.1. The van der Waals surface area contributed by atoms with E-state index in [0.717, 1.165) is 44.6 Å². The molecule has 0 aliphatic heterocycles. The van der Waals surface area contributed by atoms with Crippen LogP contribution in [0.5, 0.6) is 0 Å². The van der Waals surface area contributed by atoms with Crippen LogP contribution >= 0.6 is 0 Å². The average molecular weight is 289 g/mol. The van der Waals surface area contributed by atoms with Gasteiger partial charge in [-0.15, -0.1) is 6.58 Å². The summed E-state index contributed by atoms with van der Waals surface area (Å²) in [5, 5.41) is 3.49. The van der Waals surface area contributed by atoms with Crippen LogP contribution in [0.25, 0.3) is 0 Å². The molecular weight excluding hydrogens is 258 g/mol. The molecule has 0 unspecified atom stereocenters. The fourth-order valence-corrected chi connectivity index (χ4v) is 2.22. The van der Waals surface area contributed by atoms with Gasteiger partial charge in [0.2, 0.25) is 0 Å². The number of unbranched alkanes of at least 4 members (excludes halogenated alkanes) is 1. The van der Waals surface area contributed by atoms with Crippen molar-refractivity contribution in [1.82, 2.24) is 10.3 Å². The smallest absolute Gasteiger partial charge is 0.128 e. The predicted molar refractivity (Wildman–Crippen MR) is 92.9 cm³/mol. The van der Waals surface area contributed by atoms with E-state index in [-0.39, 0.29) is 0 Å². The normalized spacial score (nSPS) is 10.9. The first-order valence-electron chi connectivity index (χ1n) is 8.12. The molecule has 0 aliphatic carbocycles. The summed E-state index contributed by atoms with van der Waals surface area (Å²) in [5.41, 5.74) is 2.53. The van der Waals surface area contributed by atoms with Crippen molar-refractivity contribution in [3.05, 3.63) is 36.0 Å². The number of hydrogen-bond acceptors (Lipinski definition) is 3. The number of aryl methyl sites for hydroxylation is 1. The van der Waals surface area contributed by atoms with Gasteiger partial charge in [0.1, 0.15) is 5.82 Å². The van der Waals surface area contributed by atoms with Crippen LogP contribution in [-0.4, -0.2) is 24.6 Å². The number of nitrogens with one attached hydrogen (secondary N) is 1. The second kappa shape index (κ2) is 9.56. The third kappa shape index (κ3) is 6.76. The predicted octanol–water partition coefficient (Wildman–Crippen LogP) is 3.93. The first-order valence-corrected chi connectivity index (χ1v) is 8.12. The van der Waals surface area contributed by atoms with E-state index in [2.05, 4.69) is 56.7 Å². The van der Waals surface area contributed by atoms with Crippen molar-refractivity contribution in [1.29, 1.82) is 0 Å². The summed E-state index contributed by atoms with van der Waals surface area (Å²) in [6.07, 6.45) is 6.34. The SMILES string of the molecule is C=CCCCN(C)c1cc(CNC(C)C)cc(CCC)n1. The molecule has 1 rings (SSSR count). The maximum absolute atomic E-state index is 4.80. The van der Waals surface area contributed by atoms with E-state index in [0.29, 0.717) is 6.04 Å². The quantitative estimate of drug-likeness (QED) is 0.522. The van der Waals surface area contributed by atoms with Gasteiger partial charge < -0.3 is 10.2 Å². The third-order valence-corrected chi connectivity index (χ3v) is 3.44. The second-order valence-electron chi connectivity index (χ2n) is 5.96. The summed E-state index contributed by atoms with van der Waals surface area (Å²) >= 11 is 0. The van der Waals surface area contributed by atoms with E-state index in [4.69, 9.17) is 4.98 Å². The fourth-order valence-electron chi connectivity index (χ4n) is 2.22. The monoisotopic (exact) mass is 289 g/mol.